The minimum atomic E-state index is -0.275. The van der Waals surface area contributed by atoms with Gasteiger partial charge in [-0.25, -0.2) is 0 Å². The zero-order valence-electron chi connectivity index (χ0n) is 60.3. The van der Waals surface area contributed by atoms with Crippen LogP contribution in [0.25, 0.3) is 127 Å². The fourth-order valence-electron chi connectivity index (χ4n) is 15.6. The van der Waals surface area contributed by atoms with Crippen molar-refractivity contribution in [2.45, 2.75) is 158 Å². The van der Waals surface area contributed by atoms with Crippen LogP contribution in [0.2, 0.25) is 0 Å². The van der Waals surface area contributed by atoms with E-state index in [1.165, 1.54) is 128 Å². The molecular weight excluding hydrogens is 1390 g/mol. The number of hydrogen-bond donors (Lipinski definition) is 0. The quantitative estimate of drug-likeness (QED) is 0.123. The van der Waals surface area contributed by atoms with Crippen LogP contribution in [0.3, 0.4) is 0 Å². The Morgan fingerprint density at radius 2 is 1.06 bits per heavy atom. The second-order valence-corrected chi connectivity index (χ2v) is 32.8. The molecule has 0 saturated carbocycles. The van der Waals surface area contributed by atoms with E-state index in [1.807, 2.05) is 26.1 Å². The van der Waals surface area contributed by atoms with Crippen molar-refractivity contribution in [2.75, 3.05) is 0 Å². The van der Waals surface area contributed by atoms with Gasteiger partial charge in [-0.15, -0.1) is 48.0 Å². The topological polar surface area (TPSA) is 53.7 Å². The summed E-state index contributed by atoms with van der Waals surface area (Å²) in [5, 5.41) is 7.39. The molecule has 0 atom stereocenters. The Labute approximate surface area is 595 Å². The largest absolute Gasteiger partial charge is 0.501 e. The third-order valence-corrected chi connectivity index (χ3v) is 21.3. The van der Waals surface area contributed by atoms with Gasteiger partial charge in [0.1, 0.15) is 5.58 Å². The van der Waals surface area contributed by atoms with Gasteiger partial charge in [-0.1, -0.05) is 200 Å². The first-order valence-electron chi connectivity index (χ1n) is 35.1. The summed E-state index contributed by atoms with van der Waals surface area (Å²) in [5.74, 6) is 1.15. The first kappa shape index (κ1) is 65.8. The summed E-state index contributed by atoms with van der Waals surface area (Å²) in [6.07, 6.45) is 1.82. The number of para-hydroxylation sites is 3. The predicted octanol–water partition coefficient (Wildman–Crippen LogP) is 22.1. The van der Waals surface area contributed by atoms with Crippen molar-refractivity contribution in [3.05, 3.63) is 239 Å². The summed E-state index contributed by atoms with van der Waals surface area (Å²) >= 11 is 0. The van der Waals surface area contributed by atoms with Gasteiger partial charge in [0.05, 0.1) is 33.5 Å². The fourth-order valence-corrected chi connectivity index (χ4v) is 15.6. The van der Waals surface area contributed by atoms with E-state index in [1.54, 1.807) is 6.07 Å². The molecule has 2 aliphatic heterocycles. The number of imidazole rings is 1. The summed E-state index contributed by atoms with van der Waals surface area (Å²) in [5.41, 5.74) is 31.4. The van der Waals surface area contributed by atoms with Crippen molar-refractivity contribution in [2.24, 2.45) is 0 Å². The Balaban J connectivity index is 0.000000442. The number of nitrogens with zero attached hydrogens (tertiary/aromatic N) is 5. The molecule has 17 rings (SSSR count). The maximum Gasteiger partial charge on any atom is 0.252 e. The van der Waals surface area contributed by atoms with E-state index in [4.69, 9.17) is 9.40 Å². The van der Waals surface area contributed by atoms with Gasteiger partial charge < -0.3 is 23.1 Å². The van der Waals surface area contributed by atoms with E-state index < -0.39 is 0 Å². The van der Waals surface area contributed by atoms with Crippen molar-refractivity contribution in [1.29, 1.82) is 0 Å². The Kier molecular flexibility index (Phi) is 15.4. The van der Waals surface area contributed by atoms with Crippen LogP contribution < -0.4 is 16.4 Å². The van der Waals surface area contributed by atoms with Gasteiger partial charge in [0.2, 0.25) is 0 Å². The van der Waals surface area contributed by atoms with Gasteiger partial charge in [-0.3, -0.25) is 9.37 Å². The predicted molar refractivity (Wildman–Crippen MR) is 412 cm³/mol. The van der Waals surface area contributed by atoms with E-state index in [2.05, 4.69) is 287 Å². The minimum absolute atomic E-state index is 0. The Bertz CT molecular complexity index is 5640. The average molecular weight is 1470 g/mol. The maximum atomic E-state index is 12.7. The molecule has 10 aromatic carbocycles. The van der Waals surface area contributed by atoms with E-state index in [9.17, 15) is 4.39 Å². The van der Waals surface area contributed by atoms with E-state index in [0.29, 0.717) is 11.8 Å². The van der Waals surface area contributed by atoms with Crippen LogP contribution in [0.5, 0.6) is 0 Å². The molecule has 0 spiro atoms. The smallest absolute Gasteiger partial charge is 0.252 e. The molecule has 0 fully saturated rings. The number of aryl methyl sites for hydroxylation is 2. The van der Waals surface area contributed by atoms with Gasteiger partial charge in [0.15, 0.2) is 0 Å². The van der Waals surface area contributed by atoms with Crippen LogP contribution in [-0.4, -0.2) is 30.4 Å². The van der Waals surface area contributed by atoms with Crippen LogP contribution in [0.15, 0.2) is 180 Å². The molecule has 99 heavy (non-hydrogen) atoms. The van der Waals surface area contributed by atoms with Crippen molar-refractivity contribution in [3.8, 4) is 50.8 Å². The average Bonchev–Trinajstić information content (AvgIpc) is 1.62. The molecule has 15 aromatic rings. The number of halogens is 1. The fraction of sp³-hybridized carbons (Fsp3) is 0.267. The molecule has 7 heterocycles. The molecule has 9 heteroatoms. The Morgan fingerprint density at radius 3 is 1.60 bits per heavy atom. The van der Waals surface area contributed by atoms with Gasteiger partial charge in [-0.05, 0) is 186 Å². The third-order valence-electron chi connectivity index (χ3n) is 21.3. The van der Waals surface area contributed by atoms with Crippen LogP contribution in [-0.2, 0) is 41.8 Å². The van der Waals surface area contributed by atoms with Crippen LogP contribution in [0.4, 0.5) is 4.39 Å². The molecule has 0 unspecified atom stereocenters. The Hall–Kier alpha value is -9.14. The molecule has 0 bridgehead atoms. The van der Waals surface area contributed by atoms with Crippen molar-refractivity contribution >= 4 is 99.7 Å². The number of pyridine rings is 1. The van der Waals surface area contributed by atoms with Crippen molar-refractivity contribution in [1.82, 2.24) is 23.7 Å². The molecule has 6 nitrogen and oxygen atoms in total. The van der Waals surface area contributed by atoms with Crippen molar-refractivity contribution in [3.63, 3.8) is 0 Å². The van der Waals surface area contributed by atoms with E-state index >= 15 is 0 Å². The van der Waals surface area contributed by atoms with Gasteiger partial charge in [-0.2, -0.15) is 0 Å². The molecule has 0 aliphatic carbocycles. The molecule has 0 amide bonds. The maximum absolute atomic E-state index is 12.7. The number of fused-ring (bicyclic) bond motifs is 14. The van der Waals surface area contributed by atoms with Crippen LogP contribution in [0, 0.1) is 31.8 Å². The monoisotopic (exact) mass is 1470 g/mol. The zero-order valence-corrected chi connectivity index (χ0v) is 62.7. The SMILES string of the molecule is CC(C)c1cccc(C(C)C)c1-n1c(-c2[c-]ccc3c2oc2cc(-c4cc5c6c(c4)-n4c7ccc(C(C)(C)C)cc7c7cc(C(C)(C)C)cc(c74)B6c4cc(C(C)(C)C)cc6c7cc(C(C)(C)C)ccc7n-5c46)ccc23)nc2ccccc21.Cc1cnc(-c2[c-]cc(F)cc2)cc1C.[Ir]. The number of furan rings is 1. The normalized spacial score (nSPS) is 13.1. The summed E-state index contributed by atoms with van der Waals surface area (Å²) in [4.78, 5) is 9.73. The molecular formula is C90H85BFIrN5O-2. The number of aromatic nitrogens is 5. The van der Waals surface area contributed by atoms with Crippen LogP contribution in [0.1, 0.15) is 167 Å². The summed E-state index contributed by atoms with van der Waals surface area (Å²) in [6, 6.07) is 69.2. The number of hydrogen-bond acceptors (Lipinski definition) is 3. The summed E-state index contributed by atoms with van der Waals surface area (Å²) in [6.45, 7) is 41.5. The Morgan fingerprint density at radius 1 is 0.495 bits per heavy atom. The first-order chi connectivity index (χ1) is 46.5. The molecule has 0 N–H and O–H groups in total. The van der Waals surface area contributed by atoms with Gasteiger partial charge in [0, 0.05) is 87.1 Å². The molecule has 0 saturated heterocycles. The number of rotatable bonds is 6. The third kappa shape index (κ3) is 10.6. The summed E-state index contributed by atoms with van der Waals surface area (Å²) < 4.78 is 27.6. The second kappa shape index (κ2) is 23.2. The molecule has 1 radical (unpaired) electrons. The zero-order chi connectivity index (χ0) is 68.7. The summed E-state index contributed by atoms with van der Waals surface area (Å²) in [7, 11) is 0. The molecule has 5 aromatic heterocycles. The minimum Gasteiger partial charge on any atom is -0.501 e. The van der Waals surface area contributed by atoms with Crippen LogP contribution >= 0.6 is 0 Å². The van der Waals surface area contributed by atoms with E-state index in [0.717, 1.165) is 72.3 Å². The van der Waals surface area contributed by atoms with E-state index in [-0.39, 0.29) is 54.3 Å². The molecule has 2 aliphatic rings. The van der Waals surface area contributed by atoms with Gasteiger partial charge in [0.25, 0.3) is 6.71 Å². The second-order valence-electron chi connectivity index (χ2n) is 32.8. The van der Waals surface area contributed by atoms with Crippen molar-refractivity contribution < 1.29 is 28.9 Å². The molecule has 497 valence electrons. The van der Waals surface area contributed by atoms with Gasteiger partial charge >= 0.3 is 0 Å². The first-order valence-corrected chi connectivity index (χ1v) is 35.1. The standard InChI is InChI=1S/C77H74BN4O.C13H11FN.Ir/c1-42(2)50-21-19-22-51(43(3)4)69(50)82-64-26-18-17-25-61(64)79-73(82)54-24-20-23-53-52-30-27-44(35-67(52)83-72(53)54)45-33-65-68-66(34-45)81-63-32-29-47(75(8,9)10)37-56(63)58-39-49(77(14,15)16)41-60(71(58)81)78(68)59-40-48(76(11,12)13)38-57-55-36-46(74(5,6)7)28-31-62(55)80(65)70(57)59;1-9-7-13(15-8-10(9)2)11-3-5-12(14)6-4-11;/h17-23,25-43H,1-16H3;3,5-8H,1-2H3;/q2*-1;. The number of benzene rings is 10.